The van der Waals surface area contributed by atoms with Gasteiger partial charge in [-0.3, -0.25) is 4.21 Å². The maximum atomic E-state index is 13.0. The van der Waals surface area contributed by atoms with Crippen molar-refractivity contribution in [1.29, 1.82) is 0 Å². The van der Waals surface area contributed by atoms with Crippen molar-refractivity contribution in [3.63, 3.8) is 0 Å². The number of benzene rings is 1. The van der Waals surface area contributed by atoms with Crippen LogP contribution in [-0.2, 0) is 23.6 Å². The maximum absolute atomic E-state index is 13.0. The van der Waals surface area contributed by atoms with E-state index in [0.717, 1.165) is 6.07 Å². The highest BCUT2D eigenvalue weighted by Crippen LogP contribution is 2.37. The third-order valence-corrected chi connectivity index (χ3v) is 4.34. The van der Waals surface area contributed by atoms with E-state index in [1.807, 2.05) is 0 Å². The molecule has 0 radical (unpaired) electrons. The van der Waals surface area contributed by atoms with Crippen LogP contribution in [0.15, 0.2) is 18.2 Å². The fourth-order valence-electron chi connectivity index (χ4n) is 2.06. The molecule has 0 amide bonds. The van der Waals surface area contributed by atoms with Gasteiger partial charge in [0.15, 0.2) is 0 Å². The minimum Gasteiger partial charge on any atom is -0.392 e. The van der Waals surface area contributed by atoms with Gasteiger partial charge in [0.25, 0.3) is 0 Å². The number of aliphatic hydroxyl groups is 1. The Balaban J connectivity index is 2.36. The van der Waals surface area contributed by atoms with E-state index < -0.39 is 29.1 Å². The van der Waals surface area contributed by atoms with Crippen LogP contribution in [0, 0.1) is 0 Å². The summed E-state index contributed by atoms with van der Waals surface area (Å²) in [5.74, 6) is 0.776. The third-order valence-electron chi connectivity index (χ3n) is 3.07. The molecule has 1 aromatic rings. The third kappa shape index (κ3) is 3.27. The first kappa shape index (κ1) is 14.3. The summed E-state index contributed by atoms with van der Waals surface area (Å²) in [5.41, 5.74) is -0.412. The second-order valence-electron chi connectivity index (χ2n) is 4.34. The Kier molecular flexibility index (Phi) is 4.15. The van der Waals surface area contributed by atoms with Crippen molar-refractivity contribution >= 4 is 16.5 Å². The van der Waals surface area contributed by atoms with E-state index in [4.69, 9.17) is 5.11 Å². The van der Waals surface area contributed by atoms with Crippen LogP contribution in [0.3, 0.4) is 0 Å². The summed E-state index contributed by atoms with van der Waals surface area (Å²) < 4.78 is 50.3. The van der Waals surface area contributed by atoms with Gasteiger partial charge in [-0.2, -0.15) is 13.2 Å². The first-order valence-corrected chi connectivity index (χ1v) is 7.31. The quantitative estimate of drug-likeness (QED) is 0.903. The van der Waals surface area contributed by atoms with Gasteiger partial charge >= 0.3 is 6.18 Å². The molecule has 0 atom stereocenters. The normalized spacial score (nSPS) is 17.8. The molecule has 0 bridgehead atoms. The number of alkyl halides is 3. The van der Waals surface area contributed by atoms with Gasteiger partial charge in [-0.1, -0.05) is 6.07 Å². The molecule has 0 unspecified atom stereocenters. The van der Waals surface area contributed by atoms with Gasteiger partial charge in [-0.05, 0) is 17.7 Å². The second kappa shape index (κ2) is 5.50. The number of anilines is 1. The summed E-state index contributed by atoms with van der Waals surface area (Å²) in [7, 11) is -0.931. The van der Waals surface area contributed by atoms with E-state index in [-0.39, 0.29) is 11.3 Å². The number of rotatable bonds is 2. The fraction of sp³-hybridized carbons (Fsp3) is 0.500. The summed E-state index contributed by atoms with van der Waals surface area (Å²) in [6, 6.07) is 3.83. The molecule has 3 nitrogen and oxygen atoms in total. The van der Waals surface area contributed by atoms with Crippen LogP contribution in [0.4, 0.5) is 18.9 Å². The average Bonchev–Trinajstić information content (AvgIpc) is 2.38. The Morgan fingerprint density at radius 2 is 1.89 bits per heavy atom. The lowest BCUT2D eigenvalue weighted by Crippen LogP contribution is -2.38. The highest BCUT2D eigenvalue weighted by molar-refractivity contribution is 7.85. The summed E-state index contributed by atoms with van der Waals surface area (Å²) in [5, 5.41) is 8.94. The molecule has 7 heteroatoms. The summed E-state index contributed by atoms with van der Waals surface area (Å²) >= 11 is 0. The van der Waals surface area contributed by atoms with Crippen molar-refractivity contribution in [2.75, 3.05) is 29.5 Å². The molecule has 1 heterocycles. The highest BCUT2D eigenvalue weighted by Gasteiger charge is 2.35. The lowest BCUT2D eigenvalue weighted by atomic mass is 10.1. The van der Waals surface area contributed by atoms with Gasteiger partial charge in [0.1, 0.15) is 0 Å². The van der Waals surface area contributed by atoms with E-state index in [1.54, 1.807) is 4.90 Å². The topological polar surface area (TPSA) is 40.5 Å². The molecule has 106 valence electrons. The molecule has 19 heavy (non-hydrogen) atoms. The molecule has 1 aromatic carbocycles. The van der Waals surface area contributed by atoms with Gasteiger partial charge in [-0.15, -0.1) is 0 Å². The van der Waals surface area contributed by atoms with Crippen LogP contribution in [0.1, 0.15) is 11.1 Å². The van der Waals surface area contributed by atoms with Crippen molar-refractivity contribution in [3.05, 3.63) is 29.3 Å². The summed E-state index contributed by atoms with van der Waals surface area (Å²) in [6.45, 7) is 0.287. The van der Waals surface area contributed by atoms with Crippen molar-refractivity contribution in [2.45, 2.75) is 12.8 Å². The first-order valence-electron chi connectivity index (χ1n) is 5.82. The van der Waals surface area contributed by atoms with Crippen LogP contribution in [0.5, 0.6) is 0 Å². The monoisotopic (exact) mass is 293 g/mol. The Labute approximate surface area is 111 Å². The van der Waals surface area contributed by atoms with E-state index in [1.165, 1.54) is 12.1 Å². The molecule has 0 aliphatic carbocycles. The largest absolute Gasteiger partial charge is 0.418 e. The van der Waals surface area contributed by atoms with Crippen LogP contribution in [0.25, 0.3) is 0 Å². The average molecular weight is 293 g/mol. The first-order chi connectivity index (χ1) is 8.91. The van der Waals surface area contributed by atoms with Gasteiger partial charge < -0.3 is 10.0 Å². The van der Waals surface area contributed by atoms with Crippen molar-refractivity contribution < 1.29 is 22.5 Å². The van der Waals surface area contributed by atoms with E-state index in [0.29, 0.717) is 24.6 Å². The Hall–Kier alpha value is -1.08. The molecule has 1 fully saturated rings. The number of aliphatic hydroxyl groups excluding tert-OH is 1. The van der Waals surface area contributed by atoms with E-state index in [2.05, 4.69) is 0 Å². The molecular weight excluding hydrogens is 279 g/mol. The SMILES string of the molecule is O=S1CCN(c2ccc(CO)cc2C(F)(F)F)CC1. The summed E-state index contributed by atoms with van der Waals surface area (Å²) in [6.07, 6.45) is -4.46. The van der Waals surface area contributed by atoms with Crippen LogP contribution < -0.4 is 4.90 Å². The molecule has 1 aliphatic heterocycles. The number of nitrogens with zero attached hydrogens (tertiary/aromatic N) is 1. The van der Waals surface area contributed by atoms with Gasteiger partial charge in [0.2, 0.25) is 0 Å². The zero-order valence-electron chi connectivity index (χ0n) is 10.1. The minimum atomic E-state index is -4.46. The zero-order chi connectivity index (χ0) is 14.0. The molecule has 1 saturated heterocycles. The minimum absolute atomic E-state index is 0.0985. The second-order valence-corrected chi connectivity index (χ2v) is 6.04. The fourth-order valence-corrected chi connectivity index (χ4v) is 3.12. The predicted molar refractivity (Wildman–Crippen MR) is 67.5 cm³/mol. The number of hydrogen-bond donors (Lipinski definition) is 1. The van der Waals surface area contributed by atoms with Crippen molar-refractivity contribution in [3.8, 4) is 0 Å². The molecular formula is C12H14F3NO2S. The number of hydrogen-bond acceptors (Lipinski definition) is 3. The zero-order valence-corrected chi connectivity index (χ0v) is 10.9. The number of halogens is 3. The maximum Gasteiger partial charge on any atom is 0.418 e. The van der Waals surface area contributed by atoms with Gasteiger partial charge in [0, 0.05) is 41.1 Å². The molecule has 2 rings (SSSR count). The molecule has 1 N–H and O–H groups in total. The van der Waals surface area contributed by atoms with Crippen LogP contribution in [-0.4, -0.2) is 33.9 Å². The van der Waals surface area contributed by atoms with Crippen molar-refractivity contribution in [2.24, 2.45) is 0 Å². The smallest absolute Gasteiger partial charge is 0.392 e. The van der Waals surface area contributed by atoms with E-state index >= 15 is 0 Å². The lowest BCUT2D eigenvalue weighted by Gasteiger charge is -2.30. The molecule has 0 aromatic heterocycles. The Bertz CT molecular complexity index is 480. The Morgan fingerprint density at radius 3 is 2.42 bits per heavy atom. The molecule has 1 aliphatic rings. The highest BCUT2D eigenvalue weighted by atomic mass is 32.2. The van der Waals surface area contributed by atoms with Gasteiger partial charge in [0.05, 0.1) is 12.2 Å². The van der Waals surface area contributed by atoms with E-state index in [9.17, 15) is 17.4 Å². The molecule has 0 spiro atoms. The predicted octanol–water partition coefficient (Wildman–Crippen LogP) is 1.77. The molecule has 0 saturated carbocycles. The van der Waals surface area contributed by atoms with Crippen LogP contribution >= 0.6 is 0 Å². The van der Waals surface area contributed by atoms with Crippen molar-refractivity contribution in [1.82, 2.24) is 0 Å². The standard InChI is InChI=1S/C12H14F3NO2S/c13-12(14,15)10-7-9(8-17)1-2-11(10)16-3-5-19(18)6-4-16/h1-2,7,17H,3-6,8H2. The Morgan fingerprint density at radius 1 is 1.26 bits per heavy atom. The van der Waals surface area contributed by atoms with Crippen LogP contribution in [0.2, 0.25) is 0 Å². The summed E-state index contributed by atoms with van der Waals surface area (Å²) in [4.78, 5) is 1.60. The van der Waals surface area contributed by atoms with Gasteiger partial charge in [-0.25, -0.2) is 0 Å². The lowest BCUT2D eigenvalue weighted by molar-refractivity contribution is -0.137.